The van der Waals surface area contributed by atoms with Crippen LogP contribution in [0.2, 0.25) is 0 Å². The number of hydrogen-bond acceptors (Lipinski definition) is 1. The summed E-state index contributed by atoms with van der Waals surface area (Å²) in [5.74, 6) is 5.42. The molecule has 0 heterocycles. The molecule has 27 heavy (non-hydrogen) atoms. The molecule has 0 aromatic heterocycles. The van der Waals surface area contributed by atoms with Crippen molar-refractivity contribution in [3.63, 3.8) is 0 Å². The average molecular weight is 376 g/mol. The van der Waals surface area contributed by atoms with Crippen LogP contribution in [0.5, 0.6) is 0 Å². The third-order valence-corrected chi connectivity index (χ3v) is 8.90. The largest absolute Gasteiger partial charge is 0.317 e. The Bertz CT molecular complexity index is 368. The van der Waals surface area contributed by atoms with Crippen LogP contribution >= 0.6 is 0 Å². The van der Waals surface area contributed by atoms with Crippen molar-refractivity contribution in [1.82, 2.24) is 5.32 Å². The molecule has 3 saturated carbocycles. The van der Waals surface area contributed by atoms with Crippen molar-refractivity contribution in [1.29, 1.82) is 0 Å². The van der Waals surface area contributed by atoms with Gasteiger partial charge in [-0.1, -0.05) is 71.1 Å². The molecule has 3 aliphatic rings. The summed E-state index contributed by atoms with van der Waals surface area (Å²) >= 11 is 0. The van der Waals surface area contributed by atoms with Crippen molar-refractivity contribution in [2.24, 2.45) is 29.6 Å². The van der Waals surface area contributed by atoms with Crippen LogP contribution in [0, 0.1) is 29.6 Å². The monoisotopic (exact) mass is 375 g/mol. The van der Waals surface area contributed by atoms with Crippen molar-refractivity contribution in [3.05, 3.63) is 0 Å². The fourth-order valence-electron chi connectivity index (χ4n) is 6.79. The molecule has 3 rings (SSSR count). The van der Waals surface area contributed by atoms with Crippen molar-refractivity contribution in [2.45, 2.75) is 129 Å². The van der Waals surface area contributed by atoms with Gasteiger partial charge in [-0.15, -0.1) is 0 Å². The van der Waals surface area contributed by atoms with Crippen molar-refractivity contribution in [2.75, 3.05) is 7.05 Å². The van der Waals surface area contributed by atoms with E-state index in [0.717, 1.165) is 35.6 Å². The molecule has 0 unspecified atom stereocenters. The van der Waals surface area contributed by atoms with E-state index in [1.165, 1.54) is 57.8 Å². The van der Waals surface area contributed by atoms with Crippen LogP contribution in [0.25, 0.3) is 0 Å². The highest BCUT2D eigenvalue weighted by atomic mass is 14.9. The predicted octanol–water partition coefficient (Wildman–Crippen LogP) is 7.74. The van der Waals surface area contributed by atoms with Gasteiger partial charge in [-0.25, -0.2) is 0 Å². The van der Waals surface area contributed by atoms with E-state index in [4.69, 9.17) is 0 Å². The lowest BCUT2D eigenvalue weighted by atomic mass is 9.68. The Morgan fingerprint density at radius 1 is 0.556 bits per heavy atom. The molecule has 0 aromatic rings. The molecule has 0 amide bonds. The maximum atomic E-state index is 3.48. The van der Waals surface area contributed by atoms with Crippen molar-refractivity contribution in [3.8, 4) is 0 Å². The highest BCUT2D eigenvalue weighted by molar-refractivity contribution is 4.83. The van der Waals surface area contributed by atoms with Crippen LogP contribution in [0.3, 0.4) is 0 Å². The molecule has 3 aliphatic carbocycles. The Balaban J connectivity index is 1.26. The van der Waals surface area contributed by atoms with Crippen LogP contribution in [-0.4, -0.2) is 13.1 Å². The maximum absolute atomic E-state index is 3.48. The SMILES string of the molecule is CCCCCC1CCC(C2CCC(CCC3CCC(NC)CC3)CC2)CC1. The predicted molar refractivity (Wildman–Crippen MR) is 119 cm³/mol. The Morgan fingerprint density at radius 2 is 1.00 bits per heavy atom. The second-order valence-electron chi connectivity index (χ2n) is 10.6. The highest BCUT2D eigenvalue weighted by Gasteiger charge is 2.31. The first-order valence-electron chi connectivity index (χ1n) is 13.0. The zero-order chi connectivity index (χ0) is 18.9. The number of hydrogen-bond donors (Lipinski definition) is 1. The van der Waals surface area contributed by atoms with Gasteiger partial charge >= 0.3 is 0 Å². The first-order valence-corrected chi connectivity index (χ1v) is 13.0. The molecule has 0 aliphatic heterocycles. The van der Waals surface area contributed by atoms with E-state index in [-0.39, 0.29) is 0 Å². The Kier molecular flexibility index (Phi) is 9.50. The van der Waals surface area contributed by atoms with Crippen LogP contribution in [0.4, 0.5) is 0 Å². The van der Waals surface area contributed by atoms with E-state index >= 15 is 0 Å². The van der Waals surface area contributed by atoms with Gasteiger partial charge in [0, 0.05) is 6.04 Å². The molecule has 1 nitrogen and oxygen atoms in total. The van der Waals surface area contributed by atoms with Gasteiger partial charge in [-0.3, -0.25) is 0 Å². The molecule has 1 N–H and O–H groups in total. The first kappa shape index (κ1) is 21.7. The fraction of sp³-hybridized carbons (Fsp3) is 1.00. The van der Waals surface area contributed by atoms with E-state index in [2.05, 4.69) is 19.3 Å². The number of nitrogens with one attached hydrogen (secondary N) is 1. The first-order chi connectivity index (χ1) is 13.3. The highest BCUT2D eigenvalue weighted by Crippen LogP contribution is 2.43. The maximum Gasteiger partial charge on any atom is 0.00642 e. The van der Waals surface area contributed by atoms with Crippen LogP contribution in [-0.2, 0) is 0 Å². The fourth-order valence-corrected chi connectivity index (χ4v) is 6.79. The molecule has 0 saturated heterocycles. The van der Waals surface area contributed by atoms with Gasteiger partial charge in [0.25, 0.3) is 0 Å². The molecule has 0 spiro atoms. The van der Waals surface area contributed by atoms with Gasteiger partial charge in [0.15, 0.2) is 0 Å². The number of unbranched alkanes of at least 4 members (excludes halogenated alkanes) is 2. The molecule has 158 valence electrons. The Hall–Kier alpha value is -0.0400. The minimum atomic E-state index is 0.818. The summed E-state index contributed by atoms with van der Waals surface area (Å²) in [5, 5.41) is 3.48. The average Bonchev–Trinajstić information content (AvgIpc) is 2.74. The summed E-state index contributed by atoms with van der Waals surface area (Å²) < 4.78 is 0. The molecular weight excluding hydrogens is 326 g/mol. The van der Waals surface area contributed by atoms with E-state index in [9.17, 15) is 0 Å². The van der Waals surface area contributed by atoms with E-state index in [1.807, 2.05) is 0 Å². The summed E-state index contributed by atoms with van der Waals surface area (Å²) in [6.45, 7) is 2.33. The summed E-state index contributed by atoms with van der Waals surface area (Å²) in [6, 6.07) is 0.818. The van der Waals surface area contributed by atoms with Gasteiger partial charge in [-0.2, -0.15) is 0 Å². The summed E-state index contributed by atoms with van der Waals surface area (Å²) in [4.78, 5) is 0. The molecular formula is C26H49N. The van der Waals surface area contributed by atoms with Crippen molar-refractivity contribution >= 4 is 0 Å². The molecule has 0 radical (unpaired) electrons. The zero-order valence-electron chi connectivity index (χ0n) is 18.7. The normalized spacial score (nSPS) is 38.0. The lowest BCUT2D eigenvalue weighted by molar-refractivity contribution is 0.136. The second kappa shape index (κ2) is 11.8. The third-order valence-electron chi connectivity index (χ3n) is 8.90. The topological polar surface area (TPSA) is 12.0 Å². The van der Waals surface area contributed by atoms with Gasteiger partial charge in [0.05, 0.1) is 0 Å². The quantitative estimate of drug-likeness (QED) is 0.406. The van der Waals surface area contributed by atoms with Crippen LogP contribution in [0.1, 0.15) is 122 Å². The minimum Gasteiger partial charge on any atom is -0.317 e. The standard InChI is InChI=1S/C26H49N/c1-3-4-5-6-21-9-15-24(16-10-21)25-17-11-22(12-18-25)7-8-23-13-19-26(27-2)20-14-23/h21-27H,3-20H2,1-2H3. The molecule has 3 fully saturated rings. The number of rotatable bonds is 9. The van der Waals surface area contributed by atoms with Gasteiger partial charge in [0.1, 0.15) is 0 Å². The van der Waals surface area contributed by atoms with Crippen LogP contribution < -0.4 is 5.32 Å². The van der Waals surface area contributed by atoms with Gasteiger partial charge < -0.3 is 5.32 Å². The zero-order valence-corrected chi connectivity index (χ0v) is 18.7. The summed E-state index contributed by atoms with van der Waals surface area (Å²) in [6.07, 6.45) is 27.3. The van der Waals surface area contributed by atoms with Gasteiger partial charge in [0.2, 0.25) is 0 Å². The lowest BCUT2D eigenvalue weighted by Crippen LogP contribution is -2.30. The smallest absolute Gasteiger partial charge is 0.00642 e. The van der Waals surface area contributed by atoms with Crippen molar-refractivity contribution < 1.29 is 0 Å². The van der Waals surface area contributed by atoms with E-state index in [1.54, 1.807) is 57.8 Å². The minimum absolute atomic E-state index is 0.818. The molecule has 0 atom stereocenters. The van der Waals surface area contributed by atoms with Crippen LogP contribution in [0.15, 0.2) is 0 Å². The lowest BCUT2D eigenvalue weighted by Gasteiger charge is -2.38. The van der Waals surface area contributed by atoms with E-state index < -0.39 is 0 Å². The second-order valence-corrected chi connectivity index (χ2v) is 10.6. The summed E-state index contributed by atoms with van der Waals surface area (Å²) in [5.41, 5.74) is 0. The van der Waals surface area contributed by atoms with E-state index in [0.29, 0.717) is 0 Å². The molecule has 0 aromatic carbocycles. The Morgan fingerprint density at radius 3 is 1.44 bits per heavy atom. The molecule has 1 heteroatoms. The molecule has 0 bridgehead atoms. The third kappa shape index (κ3) is 7.06. The summed E-state index contributed by atoms with van der Waals surface area (Å²) in [7, 11) is 2.14. The van der Waals surface area contributed by atoms with Gasteiger partial charge in [-0.05, 0) is 88.0 Å². The Labute approximate surface area is 170 Å².